The standard InChI is InChI=1S/3C10H8N2.ClHO4/c3*1-3-7-11-9(5-1)10-6-2-4-8-12-10;2-1(3,4)5/h3*1-8H;(H,2,3,4,5). The Balaban J connectivity index is 0.000000157. The van der Waals surface area contributed by atoms with Crippen molar-refractivity contribution in [3.8, 4) is 34.2 Å². The van der Waals surface area contributed by atoms with Crippen LogP contribution in [0.15, 0.2) is 146 Å². The summed E-state index contributed by atoms with van der Waals surface area (Å²) >= 11 is 0. The molecule has 0 aliphatic carbocycles. The quantitative estimate of drug-likeness (QED) is 0.334. The van der Waals surface area contributed by atoms with Crippen LogP contribution in [0.4, 0.5) is 0 Å². The first-order chi connectivity index (χ1) is 19.9. The van der Waals surface area contributed by atoms with Gasteiger partial charge in [0.1, 0.15) is 0 Å². The van der Waals surface area contributed by atoms with E-state index in [4.69, 9.17) is 18.6 Å². The summed E-state index contributed by atoms with van der Waals surface area (Å²) < 4.78 is 32.7. The van der Waals surface area contributed by atoms with Crippen LogP contribution in [0.5, 0.6) is 0 Å². The van der Waals surface area contributed by atoms with Crippen LogP contribution in [0, 0.1) is 10.2 Å². The van der Waals surface area contributed by atoms with Crippen LogP contribution in [0.25, 0.3) is 34.2 Å². The van der Waals surface area contributed by atoms with Gasteiger partial charge in [0.15, 0.2) is 0 Å². The number of aromatic nitrogens is 6. The van der Waals surface area contributed by atoms with Crippen molar-refractivity contribution in [2.24, 2.45) is 0 Å². The summed E-state index contributed by atoms with van der Waals surface area (Å²) in [5.41, 5.74) is 5.49. The van der Waals surface area contributed by atoms with Gasteiger partial charge in [0, 0.05) is 37.2 Å². The molecule has 0 unspecified atom stereocenters. The Kier molecular flexibility index (Phi) is 12.6. The van der Waals surface area contributed by atoms with Crippen LogP contribution in [0.2, 0.25) is 0 Å². The second-order valence-electron chi connectivity index (χ2n) is 7.69. The molecule has 0 aliphatic rings. The van der Waals surface area contributed by atoms with Gasteiger partial charge in [-0.25, -0.2) is 0 Å². The lowest BCUT2D eigenvalue weighted by Gasteiger charge is -2.03. The van der Waals surface area contributed by atoms with Gasteiger partial charge in [-0.3, -0.25) is 29.9 Å². The van der Waals surface area contributed by atoms with Gasteiger partial charge in [0.2, 0.25) is 0 Å². The lowest BCUT2D eigenvalue weighted by Crippen LogP contribution is -2.58. The Bertz CT molecular complexity index is 1200. The third kappa shape index (κ3) is 12.6. The van der Waals surface area contributed by atoms with E-state index in [-0.39, 0.29) is 0 Å². The fraction of sp³-hybridized carbons (Fsp3) is 0. The predicted molar refractivity (Wildman–Crippen MR) is 145 cm³/mol. The lowest BCUT2D eigenvalue weighted by molar-refractivity contribution is -1.92. The van der Waals surface area contributed by atoms with E-state index in [9.17, 15) is 0 Å². The minimum atomic E-state index is -4.69. The molecule has 1 N–H and O–H groups in total. The van der Waals surface area contributed by atoms with Gasteiger partial charge in [-0.05, 0) is 72.8 Å². The van der Waals surface area contributed by atoms with Crippen LogP contribution in [-0.4, -0.2) is 34.6 Å². The minimum Gasteiger partial charge on any atom is -0.255 e. The molecule has 41 heavy (non-hydrogen) atoms. The highest BCUT2D eigenvalue weighted by molar-refractivity contribution is 5.54. The zero-order valence-electron chi connectivity index (χ0n) is 21.6. The van der Waals surface area contributed by atoms with E-state index in [0.717, 1.165) is 34.2 Å². The Hall–Kier alpha value is -4.97. The van der Waals surface area contributed by atoms with E-state index in [1.807, 2.05) is 109 Å². The molecule has 0 atom stereocenters. The van der Waals surface area contributed by atoms with E-state index in [1.165, 1.54) is 0 Å². The van der Waals surface area contributed by atoms with Gasteiger partial charge in [-0.1, -0.05) is 36.4 Å². The van der Waals surface area contributed by atoms with Crippen molar-refractivity contribution in [3.05, 3.63) is 146 Å². The minimum absolute atomic E-state index is 0.915. The van der Waals surface area contributed by atoms with Gasteiger partial charge in [-0.15, -0.1) is 0 Å². The monoisotopic (exact) mass is 568 g/mol. The fourth-order valence-electron chi connectivity index (χ4n) is 3.09. The van der Waals surface area contributed by atoms with Crippen LogP contribution < -0.4 is 14.0 Å². The second kappa shape index (κ2) is 16.9. The van der Waals surface area contributed by atoms with Crippen molar-refractivity contribution >= 4 is 0 Å². The maximum atomic E-state index is 8.60. The summed E-state index contributed by atoms with van der Waals surface area (Å²) in [6.07, 6.45) is 10.6. The summed E-state index contributed by atoms with van der Waals surface area (Å²) in [5.74, 6) is 0. The molecule has 6 aromatic rings. The molecule has 0 amide bonds. The SMILES string of the molecule is [O-][Cl+3]([O-])([O-])O.c1ccc(-c2ccccn2)nc1.c1ccc(-c2ccccn2)nc1.c1ccc(-c2ccccn2)nc1. The maximum absolute atomic E-state index is 8.60. The molecule has 206 valence electrons. The molecule has 10 nitrogen and oxygen atoms in total. The topological polar surface area (TPSA) is 167 Å². The predicted octanol–water partition coefficient (Wildman–Crippen LogP) is 2.31. The van der Waals surface area contributed by atoms with Crippen molar-refractivity contribution in [3.63, 3.8) is 0 Å². The van der Waals surface area contributed by atoms with Crippen molar-refractivity contribution < 1.29 is 28.9 Å². The third-order valence-corrected chi connectivity index (χ3v) is 4.78. The lowest BCUT2D eigenvalue weighted by atomic mass is 10.2. The highest BCUT2D eigenvalue weighted by Gasteiger charge is 1.99. The third-order valence-electron chi connectivity index (χ3n) is 4.78. The second-order valence-corrected chi connectivity index (χ2v) is 8.48. The first kappa shape index (κ1) is 30.6. The average Bonchev–Trinajstić information content (AvgIpc) is 3.04. The molecule has 0 fully saturated rings. The van der Waals surface area contributed by atoms with Gasteiger partial charge >= 0.3 is 0 Å². The zero-order chi connectivity index (χ0) is 29.2. The Morgan fingerprint density at radius 1 is 0.341 bits per heavy atom. The normalized spacial score (nSPS) is 9.95. The van der Waals surface area contributed by atoms with E-state index in [0.29, 0.717) is 0 Å². The Labute approximate surface area is 239 Å². The van der Waals surface area contributed by atoms with Crippen LogP contribution in [0.3, 0.4) is 0 Å². The van der Waals surface area contributed by atoms with Crippen molar-refractivity contribution in [1.29, 1.82) is 0 Å². The first-order valence-electron chi connectivity index (χ1n) is 12.0. The number of rotatable bonds is 3. The van der Waals surface area contributed by atoms with E-state index in [2.05, 4.69) is 29.9 Å². The number of pyridine rings is 6. The van der Waals surface area contributed by atoms with Crippen molar-refractivity contribution in [2.75, 3.05) is 0 Å². The van der Waals surface area contributed by atoms with Gasteiger partial charge in [-0.2, -0.15) is 14.0 Å². The van der Waals surface area contributed by atoms with Gasteiger partial charge < -0.3 is 0 Å². The fourth-order valence-corrected chi connectivity index (χ4v) is 3.09. The van der Waals surface area contributed by atoms with Crippen LogP contribution in [-0.2, 0) is 0 Å². The number of halogens is 1. The smallest absolute Gasteiger partial charge is 0.0886 e. The maximum Gasteiger partial charge on any atom is 0.0886 e. The molecular formula is C30H25ClN6O4. The molecule has 0 saturated heterocycles. The summed E-state index contributed by atoms with van der Waals surface area (Å²) in [6, 6.07) is 34.8. The van der Waals surface area contributed by atoms with Gasteiger partial charge in [0.05, 0.1) is 49.1 Å². The molecule has 0 saturated carbocycles. The molecule has 6 aromatic heterocycles. The summed E-state index contributed by atoms with van der Waals surface area (Å²) in [6.45, 7) is 0. The van der Waals surface area contributed by atoms with E-state index >= 15 is 0 Å². The Morgan fingerprint density at radius 2 is 0.488 bits per heavy atom. The molecule has 0 spiro atoms. The molecule has 0 aromatic carbocycles. The van der Waals surface area contributed by atoms with Crippen LogP contribution >= 0.6 is 0 Å². The number of nitrogens with zero attached hydrogens (tertiary/aromatic N) is 6. The molecule has 0 aliphatic heterocycles. The highest BCUT2D eigenvalue weighted by Crippen LogP contribution is 2.12. The van der Waals surface area contributed by atoms with E-state index < -0.39 is 10.2 Å². The van der Waals surface area contributed by atoms with E-state index in [1.54, 1.807) is 37.2 Å². The molecule has 0 radical (unpaired) electrons. The summed E-state index contributed by atoms with van der Waals surface area (Å²) in [7, 11) is -4.69. The highest BCUT2D eigenvalue weighted by atomic mass is 35.7. The first-order valence-corrected chi connectivity index (χ1v) is 13.3. The molecular weight excluding hydrogens is 544 g/mol. The zero-order valence-corrected chi connectivity index (χ0v) is 22.3. The number of hydrogen-bond donors (Lipinski definition) is 1. The van der Waals surface area contributed by atoms with Crippen LogP contribution in [0.1, 0.15) is 0 Å². The summed E-state index contributed by atoms with van der Waals surface area (Å²) in [4.78, 5) is 25.1. The number of hydrogen-bond acceptors (Lipinski definition) is 10. The summed E-state index contributed by atoms with van der Waals surface area (Å²) in [5, 5.41) is 0. The average molecular weight is 569 g/mol. The molecule has 0 bridgehead atoms. The van der Waals surface area contributed by atoms with Gasteiger partial charge in [0.25, 0.3) is 0 Å². The van der Waals surface area contributed by atoms with Crippen molar-refractivity contribution in [2.45, 2.75) is 0 Å². The van der Waals surface area contributed by atoms with Crippen molar-refractivity contribution in [1.82, 2.24) is 29.9 Å². The molecule has 6 heterocycles. The Morgan fingerprint density at radius 3 is 0.585 bits per heavy atom. The largest absolute Gasteiger partial charge is 0.255 e. The molecule has 6 rings (SSSR count). The molecule has 11 heteroatoms.